The molecule has 0 bridgehead atoms. The van der Waals surface area contributed by atoms with E-state index < -0.39 is 5.97 Å². The van der Waals surface area contributed by atoms with E-state index in [0.717, 1.165) is 5.56 Å². The average molecular weight is 368 g/mol. The predicted molar refractivity (Wildman–Crippen MR) is 105 cm³/mol. The minimum Gasteiger partial charge on any atom is -0.466 e. The van der Waals surface area contributed by atoms with Crippen LogP contribution in [0.4, 0.5) is 5.69 Å². The first-order valence-corrected chi connectivity index (χ1v) is 8.22. The number of hydrogen-bond acceptors (Lipinski definition) is 3. The Morgan fingerprint density at radius 3 is 2.23 bits per heavy atom. The van der Waals surface area contributed by atoms with E-state index in [4.69, 9.17) is 11.6 Å². The number of halogens is 1. The van der Waals surface area contributed by atoms with E-state index in [9.17, 15) is 9.59 Å². The number of carbonyl (C=O) groups excluding carboxylic acids is 2. The van der Waals surface area contributed by atoms with Crippen LogP contribution < -0.4 is 5.32 Å². The Hall–Kier alpha value is -3.11. The highest BCUT2D eigenvalue weighted by Crippen LogP contribution is 2.14. The van der Waals surface area contributed by atoms with Crippen molar-refractivity contribution in [3.8, 4) is 0 Å². The van der Waals surface area contributed by atoms with Gasteiger partial charge in [0.15, 0.2) is 0 Å². The van der Waals surface area contributed by atoms with Crippen LogP contribution in [0.15, 0.2) is 78.9 Å². The largest absolute Gasteiger partial charge is 0.466 e. The fraction of sp³-hybridized carbons (Fsp3) is 0.0476. The van der Waals surface area contributed by atoms with Crippen LogP contribution >= 0.6 is 11.6 Å². The molecule has 0 aromatic heterocycles. The average Bonchev–Trinajstić information content (AvgIpc) is 2.66. The van der Waals surface area contributed by atoms with Gasteiger partial charge in [-0.25, -0.2) is 4.79 Å². The molecule has 0 radical (unpaired) electrons. The predicted octanol–water partition coefficient (Wildman–Crippen LogP) is 4.89. The molecule has 2 aromatic rings. The lowest BCUT2D eigenvalue weighted by atomic mass is 10.1. The van der Waals surface area contributed by atoms with Crippen molar-refractivity contribution in [3.63, 3.8) is 0 Å². The number of anilines is 1. The second-order valence-corrected chi connectivity index (χ2v) is 5.65. The molecule has 0 fully saturated rings. The normalized spacial score (nSPS) is 11.3. The second kappa shape index (κ2) is 10.0. The molecule has 0 saturated carbocycles. The third kappa shape index (κ3) is 6.42. The summed E-state index contributed by atoms with van der Waals surface area (Å²) in [7, 11) is 1.33. The van der Waals surface area contributed by atoms with Gasteiger partial charge in [0.25, 0.3) is 5.91 Å². The summed E-state index contributed by atoms with van der Waals surface area (Å²) in [6.45, 7) is 0. The third-order valence-corrected chi connectivity index (χ3v) is 3.58. The molecule has 0 spiro atoms. The molecule has 5 heteroatoms. The van der Waals surface area contributed by atoms with Gasteiger partial charge in [-0.1, -0.05) is 54.1 Å². The Labute approximate surface area is 157 Å². The minimum absolute atomic E-state index is 0.190. The number of methoxy groups -OCH3 is 1. The SMILES string of the molecule is COC(=O)/C=C/C=C/C=C/c1ccc(NC(=O)c2ccc(Cl)cc2)cc1. The van der Waals surface area contributed by atoms with Crippen LogP contribution in [0.3, 0.4) is 0 Å². The molecular formula is C21H18ClNO3. The molecule has 1 amide bonds. The van der Waals surface area contributed by atoms with E-state index in [2.05, 4.69) is 10.1 Å². The number of rotatable bonds is 6. The van der Waals surface area contributed by atoms with Crippen molar-refractivity contribution in [1.82, 2.24) is 0 Å². The summed E-state index contributed by atoms with van der Waals surface area (Å²) in [6.07, 6.45) is 10.2. The molecular weight excluding hydrogens is 350 g/mol. The summed E-state index contributed by atoms with van der Waals surface area (Å²) < 4.78 is 4.48. The van der Waals surface area contributed by atoms with Crippen LogP contribution in [-0.2, 0) is 9.53 Å². The van der Waals surface area contributed by atoms with Gasteiger partial charge in [-0.2, -0.15) is 0 Å². The quantitative estimate of drug-likeness (QED) is 0.449. The van der Waals surface area contributed by atoms with Crippen molar-refractivity contribution in [1.29, 1.82) is 0 Å². The first kappa shape index (κ1) is 19.2. The third-order valence-electron chi connectivity index (χ3n) is 3.33. The zero-order valence-electron chi connectivity index (χ0n) is 14.2. The van der Waals surface area contributed by atoms with E-state index in [1.807, 2.05) is 36.4 Å². The van der Waals surface area contributed by atoms with Crippen LogP contribution in [0.25, 0.3) is 6.08 Å². The Bertz CT molecular complexity index is 835. The molecule has 0 unspecified atom stereocenters. The Balaban J connectivity index is 1.89. The van der Waals surface area contributed by atoms with Crippen LogP contribution in [0.1, 0.15) is 15.9 Å². The minimum atomic E-state index is -0.394. The number of amides is 1. The van der Waals surface area contributed by atoms with E-state index in [0.29, 0.717) is 16.3 Å². The number of benzene rings is 2. The number of esters is 1. The van der Waals surface area contributed by atoms with Gasteiger partial charge >= 0.3 is 5.97 Å². The number of hydrogen-bond donors (Lipinski definition) is 1. The molecule has 0 aliphatic carbocycles. The van der Waals surface area contributed by atoms with Crippen molar-refractivity contribution in [2.24, 2.45) is 0 Å². The van der Waals surface area contributed by atoms with Crippen molar-refractivity contribution in [3.05, 3.63) is 95.1 Å². The Morgan fingerprint density at radius 2 is 1.58 bits per heavy atom. The van der Waals surface area contributed by atoms with Gasteiger partial charge < -0.3 is 10.1 Å². The lowest BCUT2D eigenvalue weighted by Gasteiger charge is -2.05. The number of ether oxygens (including phenoxy) is 1. The molecule has 2 rings (SSSR count). The van der Waals surface area contributed by atoms with Gasteiger partial charge in [0.1, 0.15) is 0 Å². The Morgan fingerprint density at radius 1 is 0.923 bits per heavy atom. The molecule has 4 nitrogen and oxygen atoms in total. The summed E-state index contributed by atoms with van der Waals surface area (Å²) in [5.74, 6) is -0.583. The van der Waals surface area contributed by atoms with Gasteiger partial charge in [-0.05, 0) is 42.0 Å². The van der Waals surface area contributed by atoms with Gasteiger partial charge in [0.2, 0.25) is 0 Å². The molecule has 1 N–H and O–H groups in total. The number of carbonyl (C=O) groups is 2. The Kier molecular flexibility index (Phi) is 7.40. The zero-order chi connectivity index (χ0) is 18.8. The van der Waals surface area contributed by atoms with Crippen molar-refractivity contribution in [2.45, 2.75) is 0 Å². The van der Waals surface area contributed by atoms with E-state index in [-0.39, 0.29) is 5.91 Å². The maximum absolute atomic E-state index is 12.1. The summed E-state index contributed by atoms with van der Waals surface area (Å²) in [5, 5.41) is 3.42. The molecule has 132 valence electrons. The molecule has 0 aliphatic rings. The smallest absolute Gasteiger partial charge is 0.330 e. The molecule has 26 heavy (non-hydrogen) atoms. The summed E-state index contributed by atoms with van der Waals surface area (Å²) in [4.78, 5) is 23.0. The monoisotopic (exact) mass is 367 g/mol. The lowest BCUT2D eigenvalue weighted by Crippen LogP contribution is -2.11. The fourth-order valence-corrected chi connectivity index (χ4v) is 2.11. The molecule has 0 saturated heterocycles. The summed E-state index contributed by atoms with van der Waals surface area (Å²) in [5.41, 5.74) is 2.23. The zero-order valence-corrected chi connectivity index (χ0v) is 14.9. The van der Waals surface area contributed by atoms with Gasteiger partial charge in [0, 0.05) is 22.3 Å². The summed E-state index contributed by atoms with van der Waals surface area (Å²) in [6, 6.07) is 14.2. The van der Waals surface area contributed by atoms with Gasteiger partial charge in [-0.15, -0.1) is 0 Å². The maximum atomic E-state index is 12.1. The van der Waals surface area contributed by atoms with E-state index in [1.165, 1.54) is 13.2 Å². The van der Waals surface area contributed by atoms with Crippen LogP contribution in [0.5, 0.6) is 0 Å². The van der Waals surface area contributed by atoms with Gasteiger partial charge in [-0.3, -0.25) is 4.79 Å². The molecule has 0 aliphatic heterocycles. The molecule has 0 heterocycles. The molecule has 2 aromatic carbocycles. The lowest BCUT2D eigenvalue weighted by molar-refractivity contribution is -0.134. The van der Waals surface area contributed by atoms with E-state index >= 15 is 0 Å². The van der Waals surface area contributed by atoms with Gasteiger partial charge in [0.05, 0.1) is 7.11 Å². The highest BCUT2D eigenvalue weighted by atomic mass is 35.5. The fourth-order valence-electron chi connectivity index (χ4n) is 1.98. The number of nitrogens with one attached hydrogen (secondary N) is 1. The number of allylic oxidation sites excluding steroid dienone is 4. The summed E-state index contributed by atoms with van der Waals surface area (Å²) >= 11 is 5.82. The van der Waals surface area contributed by atoms with Crippen LogP contribution in [-0.4, -0.2) is 19.0 Å². The topological polar surface area (TPSA) is 55.4 Å². The first-order valence-electron chi connectivity index (χ1n) is 7.85. The first-order chi connectivity index (χ1) is 12.6. The highest BCUT2D eigenvalue weighted by molar-refractivity contribution is 6.30. The van der Waals surface area contributed by atoms with Crippen molar-refractivity contribution in [2.75, 3.05) is 12.4 Å². The maximum Gasteiger partial charge on any atom is 0.330 e. The molecule has 0 atom stereocenters. The van der Waals surface area contributed by atoms with Crippen LogP contribution in [0, 0.1) is 0 Å². The van der Waals surface area contributed by atoms with E-state index in [1.54, 1.807) is 42.5 Å². The highest BCUT2D eigenvalue weighted by Gasteiger charge is 2.05. The van der Waals surface area contributed by atoms with Crippen molar-refractivity contribution >= 4 is 35.2 Å². The second-order valence-electron chi connectivity index (χ2n) is 5.21. The van der Waals surface area contributed by atoms with Crippen molar-refractivity contribution < 1.29 is 14.3 Å². The standard InChI is InChI=1S/C21H18ClNO3/c1-26-20(24)7-5-3-2-4-6-16-8-14-19(15-9-16)23-21(25)17-10-12-18(22)13-11-17/h2-15H,1H3,(H,23,25)/b3-2+,6-4+,7-5+. The van der Waals surface area contributed by atoms with Crippen LogP contribution in [0.2, 0.25) is 5.02 Å².